The minimum atomic E-state index is -0.458. The molecule has 2 saturated carbocycles. The summed E-state index contributed by atoms with van der Waals surface area (Å²) in [5.74, 6) is 1.26. The second-order valence-corrected chi connectivity index (χ2v) is 11.6. The number of anilines is 1. The number of para-hydroxylation sites is 1. The Kier molecular flexibility index (Phi) is 6.56. The lowest BCUT2D eigenvalue weighted by atomic mass is 9.67. The first-order chi connectivity index (χ1) is 17.6. The maximum atomic E-state index is 13.6. The van der Waals surface area contributed by atoms with Crippen molar-refractivity contribution in [2.45, 2.75) is 62.9 Å². The van der Waals surface area contributed by atoms with Crippen molar-refractivity contribution in [1.29, 1.82) is 0 Å². The van der Waals surface area contributed by atoms with Crippen molar-refractivity contribution in [3.8, 4) is 0 Å². The number of carbonyl (C=O) groups is 2. The quantitative estimate of drug-likeness (QED) is 0.357. The summed E-state index contributed by atoms with van der Waals surface area (Å²) < 4.78 is 11.5. The third kappa shape index (κ3) is 4.45. The van der Waals surface area contributed by atoms with Gasteiger partial charge in [0.25, 0.3) is 0 Å². The fraction of sp³-hybridized carbons (Fsp3) is 0.536. The van der Waals surface area contributed by atoms with Crippen LogP contribution in [0.4, 0.5) is 5.82 Å². The number of likely N-dealkylation sites (tertiary alicyclic amines) is 1. The molecule has 0 radical (unpaired) electrons. The molecule has 1 aromatic carbocycles. The predicted octanol–water partition coefficient (Wildman–Crippen LogP) is 5.37. The molecule has 1 saturated heterocycles. The van der Waals surface area contributed by atoms with Gasteiger partial charge in [-0.05, 0) is 61.7 Å². The Morgan fingerprint density at radius 1 is 1.14 bits per heavy atom. The van der Waals surface area contributed by atoms with Crippen LogP contribution in [-0.4, -0.2) is 47.7 Å². The predicted molar refractivity (Wildman–Crippen MR) is 139 cm³/mol. The summed E-state index contributed by atoms with van der Waals surface area (Å²) in [6, 6.07) is 11.7. The minimum Gasteiger partial charge on any atom is -0.461 e. The molecule has 3 aliphatic rings. The molecular weight excluding hydrogens is 474 g/mol. The maximum Gasteiger partial charge on any atom is 0.317 e. The highest BCUT2D eigenvalue weighted by atomic mass is 32.1. The Morgan fingerprint density at radius 2 is 1.97 bits per heavy atom. The number of hydrogen-bond acceptors (Lipinski definition) is 7. The highest BCUT2D eigenvalue weighted by molar-refractivity contribution is 7.10. The van der Waals surface area contributed by atoms with Crippen LogP contribution in [0.25, 0.3) is 11.0 Å². The molecule has 1 unspecified atom stereocenters. The van der Waals surface area contributed by atoms with Gasteiger partial charge in [0.05, 0.1) is 11.9 Å². The van der Waals surface area contributed by atoms with Gasteiger partial charge in [-0.2, -0.15) is 0 Å². The van der Waals surface area contributed by atoms with Crippen molar-refractivity contribution in [1.82, 2.24) is 10.1 Å². The minimum absolute atomic E-state index is 0.00283. The molecule has 36 heavy (non-hydrogen) atoms. The number of esters is 1. The van der Waals surface area contributed by atoms with E-state index in [1.807, 2.05) is 24.3 Å². The number of ether oxygens (including phenoxy) is 1. The third-order valence-corrected chi connectivity index (χ3v) is 9.57. The average Bonchev–Trinajstić information content (AvgIpc) is 3.48. The van der Waals surface area contributed by atoms with Crippen LogP contribution >= 0.6 is 11.3 Å². The second kappa shape index (κ2) is 9.98. The molecule has 190 valence electrons. The largest absolute Gasteiger partial charge is 0.461 e. The van der Waals surface area contributed by atoms with E-state index in [1.54, 1.807) is 11.3 Å². The molecule has 3 fully saturated rings. The number of hydrogen-bond donors (Lipinski definition) is 1. The van der Waals surface area contributed by atoms with Gasteiger partial charge in [-0.3, -0.25) is 14.5 Å². The van der Waals surface area contributed by atoms with E-state index in [1.165, 1.54) is 17.7 Å². The number of rotatable bonds is 6. The van der Waals surface area contributed by atoms with Crippen LogP contribution in [0.2, 0.25) is 0 Å². The van der Waals surface area contributed by atoms with Crippen LogP contribution in [-0.2, 0) is 19.7 Å². The van der Waals surface area contributed by atoms with E-state index in [-0.39, 0.29) is 18.0 Å². The average molecular weight is 508 g/mol. The number of nitrogens with one attached hydrogen (secondary N) is 1. The van der Waals surface area contributed by atoms with Crippen LogP contribution in [0.1, 0.15) is 56.2 Å². The summed E-state index contributed by atoms with van der Waals surface area (Å²) >= 11 is 1.69. The van der Waals surface area contributed by atoms with E-state index >= 15 is 0 Å². The Balaban J connectivity index is 1.03. The van der Waals surface area contributed by atoms with E-state index in [4.69, 9.17) is 9.26 Å². The van der Waals surface area contributed by atoms with E-state index < -0.39 is 5.41 Å². The number of aromatic nitrogens is 1. The van der Waals surface area contributed by atoms with Crippen LogP contribution < -0.4 is 5.32 Å². The molecule has 1 N–H and O–H groups in total. The molecule has 2 aromatic heterocycles. The molecule has 0 bridgehead atoms. The molecule has 3 atom stereocenters. The number of carbonyl (C=O) groups excluding carboxylic acids is 2. The number of thiophene rings is 1. The number of fused-ring (bicyclic) bond motifs is 2. The van der Waals surface area contributed by atoms with E-state index in [0.29, 0.717) is 29.8 Å². The summed E-state index contributed by atoms with van der Waals surface area (Å²) in [4.78, 5) is 29.7. The summed E-state index contributed by atoms with van der Waals surface area (Å²) in [6.45, 7) is 2.02. The van der Waals surface area contributed by atoms with Crippen LogP contribution in [0.15, 0.2) is 46.3 Å². The molecule has 6 rings (SSSR count). The highest BCUT2D eigenvalue weighted by Crippen LogP contribution is 2.46. The maximum absolute atomic E-state index is 13.6. The number of nitrogens with zero attached hydrogens (tertiary/aromatic N) is 2. The van der Waals surface area contributed by atoms with Crippen molar-refractivity contribution in [2.75, 3.05) is 25.0 Å². The van der Waals surface area contributed by atoms with Crippen LogP contribution in [0.5, 0.6) is 0 Å². The molecule has 1 aliphatic heterocycles. The van der Waals surface area contributed by atoms with Crippen molar-refractivity contribution < 1.29 is 18.8 Å². The third-order valence-electron chi connectivity index (χ3n) is 8.49. The normalized spacial score (nSPS) is 25.9. The van der Waals surface area contributed by atoms with Gasteiger partial charge in [-0.25, -0.2) is 0 Å². The molecule has 8 heteroatoms. The fourth-order valence-corrected chi connectivity index (χ4v) is 7.43. The zero-order valence-corrected chi connectivity index (χ0v) is 21.3. The van der Waals surface area contributed by atoms with E-state index in [9.17, 15) is 9.59 Å². The van der Waals surface area contributed by atoms with Crippen molar-refractivity contribution in [2.24, 2.45) is 11.8 Å². The first-order valence-corrected chi connectivity index (χ1v) is 14.1. The topological polar surface area (TPSA) is 84.7 Å². The van der Waals surface area contributed by atoms with Gasteiger partial charge < -0.3 is 14.6 Å². The SMILES string of the molecule is O=C(CN1CC[C@H]2C(C[C@@H]2OC(=O)C2(c3cccs3)CCCCCC2)C1)Nc1noc2ccccc12. The van der Waals surface area contributed by atoms with E-state index in [0.717, 1.165) is 57.0 Å². The molecule has 3 heterocycles. The lowest BCUT2D eigenvalue weighted by molar-refractivity contribution is -0.176. The zero-order chi connectivity index (χ0) is 24.5. The lowest BCUT2D eigenvalue weighted by Crippen LogP contribution is -2.56. The number of amides is 1. The van der Waals surface area contributed by atoms with Gasteiger partial charge >= 0.3 is 5.97 Å². The van der Waals surface area contributed by atoms with E-state index in [2.05, 4.69) is 32.9 Å². The molecule has 2 aliphatic carbocycles. The van der Waals surface area contributed by atoms with Crippen molar-refractivity contribution in [3.63, 3.8) is 0 Å². The van der Waals surface area contributed by atoms with Crippen molar-refractivity contribution >= 4 is 40.0 Å². The Bertz CT molecular complexity index is 1210. The Hall–Kier alpha value is -2.71. The molecule has 0 spiro atoms. The molecule has 1 amide bonds. The fourth-order valence-electron chi connectivity index (χ4n) is 6.46. The molecular formula is C28H33N3O4S. The first kappa shape index (κ1) is 23.7. The number of benzene rings is 1. The smallest absolute Gasteiger partial charge is 0.317 e. The summed E-state index contributed by atoms with van der Waals surface area (Å²) in [5.41, 5.74) is 0.202. The van der Waals surface area contributed by atoms with Gasteiger partial charge in [0.15, 0.2) is 11.4 Å². The van der Waals surface area contributed by atoms with Gasteiger partial charge in [-0.15, -0.1) is 11.3 Å². The van der Waals surface area contributed by atoms with Gasteiger partial charge in [0.1, 0.15) is 11.5 Å². The number of piperidine rings is 1. The summed E-state index contributed by atoms with van der Waals surface area (Å²) in [7, 11) is 0. The van der Waals surface area contributed by atoms with Crippen LogP contribution in [0.3, 0.4) is 0 Å². The summed E-state index contributed by atoms with van der Waals surface area (Å²) in [6.07, 6.45) is 8.23. The van der Waals surface area contributed by atoms with Crippen LogP contribution in [0, 0.1) is 11.8 Å². The highest BCUT2D eigenvalue weighted by Gasteiger charge is 2.50. The first-order valence-electron chi connectivity index (χ1n) is 13.2. The van der Waals surface area contributed by atoms with Crippen molar-refractivity contribution in [3.05, 3.63) is 46.7 Å². The zero-order valence-electron chi connectivity index (χ0n) is 20.5. The van der Waals surface area contributed by atoms with Gasteiger partial charge in [-0.1, -0.05) is 49.0 Å². The molecule has 7 nitrogen and oxygen atoms in total. The Morgan fingerprint density at radius 3 is 2.75 bits per heavy atom. The second-order valence-electron chi connectivity index (χ2n) is 10.7. The van der Waals surface area contributed by atoms with Gasteiger partial charge in [0.2, 0.25) is 5.91 Å². The monoisotopic (exact) mass is 507 g/mol. The standard InChI is InChI=1S/C28H33N3O4S/c32-25(29-26-21-8-3-4-9-22(21)35-30-26)18-31-14-11-20-19(17-31)16-23(20)34-27(33)28(24-10-7-15-36-24)12-5-1-2-6-13-28/h3-4,7-10,15,19-20,23H,1-2,5-6,11-14,16-18H2,(H,29,30,32)/t19?,20-,23-/m0/s1. The van der Waals surface area contributed by atoms with Gasteiger partial charge in [0, 0.05) is 17.3 Å². The Labute approximate surface area is 215 Å². The molecule has 3 aromatic rings. The summed E-state index contributed by atoms with van der Waals surface area (Å²) in [5, 5.41) is 9.78. The lowest BCUT2D eigenvalue weighted by Gasteiger charge is -2.50.